The average Bonchev–Trinajstić information content (AvgIpc) is 3.38. The quantitative estimate of drug-likeness (QED) is 0.193. The van der Waals surface area contributed by atoms with Gasteiger partial charge >= 0.3 is 6.03 Å². The number of hydrogen-bond acceptors (Lipinski definition) is 5. The number of anilines is 1. The van der Waals surface area contributed by atoms with E-state index < -0.39 is 11.1 Å². The predicted molar refractivity (Wildman–Crippen MR) is 219 cm³/mol. The highest BCUT2D eigenvalue weighted by molar-refractivity contribution is 6.32. The van der Waals surface area contributed by atoms with E-state index in [9.17, 15) is 4.79 Å². The molecule has 1 aromatic heterocycles. The summed E-state index contributed by atoms with van der Waals surface area (Å²) in [6, 6.07) is 22.5. The Balaban J connectivity index is 1.40. The molecule has 2 aliphatic heterocycles. The minimum absolute atomic E-state index is 0.0668. The molecule has 3 amide bonds. The minimum Gasteiger partial charge on any atom is -0.493 e. The molecule has 3 heterocycles. The lowest BCUT2D eigenvalue weighted by Crippen LogP contribution is -2.59. The van der Waals surface area contributed by atoms with Crippen molar-refractivity contribution >= 4 is 58.3 Å². The minimum atomic E-state index is -1.05. The average molecular weight is 789 g/mol. The van der Waals surface area contributed by atoms with Gasteiger partial charge in [-0.15, -0.1) is 0 Å². The van der Waals surface area contributed by atoms with Gasteiger partial charge in [-0.1, -0.05) is 85.9 Å². The summed E-state index contributed by atoms with van der Waals surface area (Å²) in [6.45, 7) is 15.6. The number of urea groups is 1. The smallest absolute Gasteiger partial charge is 0.326 e. The van der Waals surface area contributed by atoms with E-state index in [1.807, 2.05) is 90.4 Å². The number of amidine groups is 1. The second-order valence-electron chi connectivity index (χ2n) is 15.6. The van der Waals surface area contributed by atoms with Crippen LogP contribution in [-0.4, -0.2) is 52.3 Å². The van der Waals surface area contributed by atoms with Gasteiger partial charge in [0.15, 0.2) is 0 Å². The van der Waals surface area contributed by atoms with Crippen LogP contribution in [0.3, 0.4) is 0 Å². The second kappa shape index (κ2) is 15.6. The van der Waals surface area contributed by atoms with Gasteiger partial charge in [0.2, 0.25) is 5.91 Å². The highest BCUT2D eigenvalue weighted by atomic mass is 35.5. The van der Waals surface area contributed by atoms with E-state index in [4.69, 9.17) is 49.5 Å². The number of pyridine rings is 1. The predicted octanol–water partition coefficient (Wildman–Crippen LogP) is 10.8. The molecule has 1 saturated heterocycles. The van der Waals surface area contributed by atoms with Crippen LogP contribution in [0.4, 0.5) is 10.5 Å². The van der Waals surface area contributed by atoms with Crippen molar-refractivity contribution in [2.75, 3.05) is 25.0 Å². The fraction of sp³-hybridized carbons (Fsp3) is 0.395. The maximum Gasteiger partial charge on any atom is 0.326 e. The fourth-order valence-electron chi connectivity index (χ4n) is 7.53. The van der Waals surface area contributed by atoms with Crippen molar-refractivity contribution in [2.24, 2.45) is 10.9 Å². The first-order chi connectivity index (χ1) is 25.6. The maximum atomic E-state index is 15.3. The van der Waals surface area contributed by atoms with Gasteiger partial charge < -0.3 is 15.0 Å². The van der Waals surface area contributed by atoms with E-state index in [1.165, 1.54) is 0 Å². The Morgan fingerprint density at radius 2 is 1.54 bits per heavy atom. The highest BCUT2D eigenvalue weighted by Gasteiger charge is 2.60. The van der Waals surface area contributed by atoms with E-state index in [1.54, 1.807) is 12.3 Å². The Labute approximate surface area is 333 Å². The van der Waals surface area contributed by atoms with Crippen molar-refractivity contribution in [2.45, 2.75) is 84.2 Å². The first-order valence-electron chi connectivity index (χ1n) is 18.5. The molecule has 0 unspecified atom stereocenters. The van der Waals surface area contributed by atoms with Crippen molar-refractivity contribution in [3.05, 3.63) is 122 Å². The normalized spacial score (nSPS) is 20.5. The number of benzene rings is 3. The first kappa shape index (κ1) is 39.6. The number of carbonyl (C=O) groups excluding carboxylic acids is 2. The van der Waals surface area contributed by atoms with E-state index in [2.05, 4.69) is 39.9 Å². The number of piperidine rings is 1. The number of aliphatic imine (C=N–C) groups is 1. The van der Waals surface area contributed by atoms with Crippen LogP contribution in [0.15, 0.2) is 84.0 Å². The standard InChI is InChI=1S/C43H48Cl3N5O3/c1-8-54-36-25-37(41(3,4)5)47-26-33(36)39-49-42(6,29-12-16-31(44)17-13-29)43(7,30-14-18-32(45)19-15-30)51(39)40(53)50-22-20-28(21-23-50)24-38(52)48-35-11-9-10-34(46)27(35)2/h9-19,25-26,28H,8,20-24H2,1-7H3,(H,48,52)/t42-,43+/m0/s1. The van der Waals surface area contributed by atoms with E-state index in [0.717, 1.165) is 22.4 Å². The van der Waals surface area contributed by atoms with Crippen LogP contribution in [0.1, 0.15) is 88.8 Å². The van der Waals surface area contributed by atoms with Crippen molar-refractivity contribution in [3.63, 3.8) is 0 Å². The number of nitrogens with one attached hydrogen (secondary N) is 1. The van der Waals surface area contributed by atoms with Gasteiger partial charge in [0.1, 0.15) is 22.7 Å². The third kappa shape index (κ3) is 7.58. The molecule has 284 valence electrons. The van der Waals surface area contributed by atoms with Gasteiger partial charge in [0.05, 0.1) is 12.2 Å². The summed E-state index contributed by atoms with van der Waals surface area (Å²) in [5, 5.41) is 4.83. The monoisotopic (exact) mass is 787 g/mol. The molecule has 2 aliphatic rings. The van der Waals surface area contributed by atoms with Gasteiger partial charge in [-0.2, -0.15) is 0 Å². The lowest BCUT2D eigenvalue weighted by molar-refractivity contribution is -0.117. The number of rotatable bonds is 8. The SMILES string of the molecule is CCOc1cc(C(C)(C)C)ncc1C1=N[C@@](C)(c2ccc(Cl)cc2)[C@@](C)(c2ccc(Cl)cc2)N1C(=O)N1CCC(CC(=O)Nc2cccc(Cl)c2C)CC1. The van der Waals surface area contributed by atoms with E-state index >= 15 is 4.79 Å². The lowest BCUT2D eigenvalue weighted by Gasteiger charge is -2.47. The summed E-state index contributed by atoms with van der Waals surface area (Å²) >= 11 is 19.1. The van der Waals surface area contributed by atoms with E-state index in [0.29, 0.717) is 76.9 Å². The van der Waals surface area contributed by atoms with Crippen molar-refractivity contribution in [1.82, 2.24) is 14.8 Å². The summed E-state index contributed by atoms with van der Waals surface area (Å²) in [5.74, 6) is 1.11. The summed E-state index contributed by atoms with van der Waals surface area (Å²) in [6.07, 6.45) is 3.48. The number of carbonyl (C=O) groups is 2. The zero-order valence-electron chi connectivity index (χ0n) is 32.0. The zero-order valence-corrected chi connectivity index (χ0v) is 34.2. The number of ether oxygens (including phenoxy) is 1. The second-order valence-corrected chi connectivity index (χ2v) is 16.8. The van der Waals surface area contributed by atoms with Crippen LogP contribution in [0, 0.1) is 12.8 Å². The van der Waals surface area contributed by atoms with Crippen LogP contribution in [0.2, 0.25) is 15.1 Å². The van der Waals surface area contributed by atoms with Gasteiger partial charge in [-0.25, -0.2) is 4.79 Å². The fourth-order valence-corrected chi connectivity index (χ4v) is 7.96. The molecule has 8 nitrogen and oxygen atoms in total. The number of amides is 3. The van der Waals surface area contributed by atoms with Gasteiger partial charge in [0.25, 0.3) is 0 Å². The number of halogens is 3. The maximum absolute atomic E-state index is 15.3. The number of hydrogen-bond donors (Lipinski definition) is 1. The Morgan fingerprint density at radius 3 is 2.13 bits per heavy atom. The molecule has 0 bridgehead atoms. The number of nitrogens with zero attached hydrogens (tertiary/aromatic N) is 4. The highest BCUT2D eigenvalue weighted by Crippen LogP contribution is 2.54. The molecule has 0 aliphatic carbocycles. The third-order valence-electron chi connectivity index (χ3n) is 11.0. The third-order valence-corrected chi connectivity index (χ3v) is 11.9. The molecule has 0 saturated carbocycles. The Hall–Kier alpha value is -4.11. The van der Waals surface area contributed by atoms with Crippen molar-refractivity contribution in [3.8, 4) is 5.75 Å². The number of aromatic nitrogens is 1. The van der Waals surface area contributed by atoms with Crippen LogP contribution in [0.5, 0.6) is 5.75 Å². The first-order valence-corrected chi connectivity index (χ1v) is 19.6. The molecule has 4 aromatic rings. The summed E-state index contributed by atoms with van der Waals surface area (Å²) in [5.41, 5.74) is 2.51. The van der Waals surface area contributed by atoms with Crippen molar-refractivity contribution in [1.29, 1.82) is 0 Å². The van der Waals surface area contributed by atoms with Gasteiger partial charge in [-0.3, -0.25) is 19.7 Å². The molecular formula is C43H48Cl3N5O3. The molecule has 2 atom stereocenters. The molecule has 1 fully saturated rings. The summed E-state index contributed by atoms with van der Waals surface area (Å²) < 4.78 is 6.29. The lowest BCUT2D eigenvalue weighted by atomic mass is 9.71. The van der Waals surface area contributed by atoms with Crippen LogP contribution < -0.4 is 10.1 Å². The van der Waals surface area contributed by atoms with Crippen LogP contribution in [0.25, 0.3) is 0 Å². The van der Waals surface area contributed by atoms with Gasteiger partial charge in [0, 0.05) is 63.6 Å². The molecule has 1 N–H and O–H groups in total. The van der Waals surface area contributed by atoms with Crippen LogP contribution >= 0.6 is 34.8 Å². The summed E-state index contributed by atoms with van der Waals surface area (Å²) in [7, 11) is 0. The molecular weight excluding hydrogens is 741 g/mol. The molecule has 3 aromatic carbocycles. The largest absolute Gasteiger partial charge is 0.493 e. The van der Waals surface area contributed by atoms with Crippen molar-refractivity contribution < 1.29 is 14.3 Å². The molecule has 0 spiro atoms. The number of likely N-dealkylation sites (tertiary alicyclic amines) is 1. The van der Waals surface area contributed by atoms with Gasteiger partial charge in [-0.05, 0) is 99.5 Å². The zero-order chi connectivity index (χ0) is 39.0. The molecule has 54 heavy (non-hydrogen) atoms. The van der Waals surface area contributed by atoms with Crippen LogP contribution in [-0.2, 0) is 21.3 Å². The Morgan fingerprint density at radius 1 is 0.926 bits per heavy atom. The molecule has 6 rings (SSSR count). The Kier molecular flexibility index (Phi) is 11.4. The van der Waals surface area contributed by atoms with E-state index in [-0.39, 0.29) is 23.3 Å². The molecule has 11 heteroatoms. The topological polar surface area (TPSA) is 87.1 Å². The Bertz CT molecular complexity index is 2060. The molecule has 0 radical (unpaired) electrons. The summed E-state index contributed by atoms with van der Waals surface area (Å²) in [4.78, 5) is 42.6.